The predicted octanol–water partition coefficient (Wildman–Crippen LogP) is 6.62. The Hall–Kier alpha value is -4.07. The van der Waals surface area contributed by atoms with Gasteiger partial charge in [0.15, 0.2) is 0 Å². The third-order valence-corrected chi connectivity index (χ3v) is 6.38. The van der Waals surface area contributed by atoms with Crippen LogP contribution in [0.25, 0.3) is 22.2 Å². The summed E-state index contributed by atoms with van der Waals surface area (Å²) in [6, 6.07) is 15.9. The Labute approximate surface area is 206 Å². The normalized spacial score (nSPS) is 15.3. The monoisotopic (exact) mass is 491 g/mol. The zero-order valence-corrected chi connectivity index (χ0v) is 19.8. The molecule has 3 heterocycles. The van der Waals surface area contributed by atoms with Gasteiger partial charge in [-0.25, -0.2) is 4.52 Å². The Kier molecular flexibility index (Phi) is 5.82. The molecule has 4 aromatic rings. The third kappa shape index (κ3) is 4.12. The number of nitrogens with zero attached hydrogens (tertiary/aromatic N) is 2. The fourth-order valence-electron chi connectivity index (χ4n) is 4.73. The number of aryl methyl sites for hydroxylation is 1. The lowest BCUT2D eigenvalue weighted by Crippen LogP contribution is -2.33. The van der Waals surface area contributed by atoms with E-state index in [0.29, 0.717) is 52.2 Å². The van der Waals surface area contributed by atoms with Crippen LogP contribution < -0.4 is 10.1 Å². The number of para-hydroxylation sites is 1. The van der Waals surface area contributed by atoms with Crippen LogP contribution in [-0.4, -0.2) is 22.1 Å². The van der Waals surface area contributed by atoms with Crippen molar-refractivity contribution in [3.8, 4) is 16.9 Å². The molecule has 0 saturated heterocycles. The number of aromatic nitrogens is 2. The molecule has 2 aromatic heterocycles. The van der Waals surface area contributed by atoms with E-state index in [1.165, 1.54) is 12.1 Å². The van der Waals surface area contributed by atoms with Crippen molar-refractivity contribution in [1.82, 2.24) is 14.9 Å². The highest BCUT2D eigenvalue weighted by Gasteiger charge is 2.30. The van der Waals surface area contributed by atoms with Crippen molar-refractivity contribution in [2.75, 3.05) is 6.61 Å². The lowest BCUT2D eigenvalue weighted by Gasteiger charge is -2.27. The van der Waals surface area contributed by atoms with Crippen LogP contribution in [0.3, 0.4) is 0 Å². The summed E-state index contributed by atoms with van der Waals surface area (Å²) >= 11 is 0. The molecule has 1 N–H and O–H groups in total. The van der Waals surface area contributed by atoms with Gasteiger partial charge >= 0.3 is 6.18 Å². The first kappa shape index (κ1) is 23.7. The molecule has 1 amide bonds. The van der Waals surface area contributed by atoms with Gasteiger partial charge in [-0.1, -0.05) is 36.9 Å². The summed E-state index contributed by atoms with van der Waals surface area (Å²) < 4.78 is 46.5. The van der Waals surface area contributed by atoms with Crippen molar-refractivity contribution in [2.45, 2.75) is 32.5 Å². The van der Waals surface area contributed by atoms with Gasteiger partial charge in [-0.05, 0) is 55.3 Å². The lowest BCUT2D eigenvalue weighted by molar-refractivity contribution is -0.137. The van der Waals surface area contributed by atoms with Crippen molar-refractivity contribution in [3.63, 3.8) is 0 Å². The summed E-state index contributed by atoms with van der Waals surface area (Å²) in [5.74, 6) is 0.495. The Morgan fingerprint density at radius 1 is 1.11 bits per heavy atom. The van der Waals surface area contributed by atoms with Gasteiger partial charge in [-0.2, -0.15) is 18.3 Å². The second-order valence-corrected chi connectivity index (χ2v) is 8.91. The maximum absolute atomic E-state index is 13.4. The highest BCUT2D eigenvalue weighted by molar-refractivity contribution is 6.00. The number of allylic oxidation sites excluding steroid dienone is 1. The zero-order valence-electron chi connectivity index (χ0n) is 19.8. The average Bonchev–Trinajstić information content (AvgIpc) is 3.18. The van der Waals surface area contributed by atoms with Gasteiger partial charge in [0.1, 0.15) is 5.75 Å². The molecule has 0 bridgehead atoms. The molecule has 184 valence electrons. The summed E-state index contributed by atoms with van der Waals surface area (Å²) in [5.41, 5.74) is 4.44. The van der Waals surface area contributed by atoms with Crippen molar-refractivity contribution < 1.29 is 22.7 Å². The van der Waals surface area contributed by atoms with Crippen LogP contribution in [0.5, 0.6) is 5.75 Å². The number of amides is 1. The van der Waals surface area contributed by atoms with Crippen molar-refractivity contribution in [2.24, 2.45) is 0 Å². The number of ether oxygens (including phenoxy) is 1. The molecule has 0 fully saturated rings. The fraction of sp³-hybridized carbons (Fsp3) is 0.214. The van der Waals surface area contributed by atoms with Crippen LogP contribution in [0, 0.1) is 6.92 Å². The van der Waals surface area contributed by atoms with E-state index in [9.17, 15) is 18.0 Å². The van der Waals surface area contributed by atoms with E-state index in [-0.39, 0.29) is 11.9 Å². The molecule has 5 rings (SSSR count). The second kappa shape index (κ2) is 8.86. The van der Waals surface area contributed by atoms with E-state index in [1.54, 1.807) is 30.5 Å². The van der Waals surface area contributed by atoms with Gasteiger partial charge in [-0.15, -0.1) is 0 Å². The molecular formula is C28H24F3N3O2. The molecule has 1 atom stereocenters. The zero-order chi connectivity index (χ0) is 25.6. The average molecular weight is 492 g/mol. The smallest absolute Gasteiger partial charge is 0.416 e. The summed E-state index contributed by atoms with van der Waals surface area (Å²) in [7, 11) is 0. The topological polar surface area (TPSA) is 55.6 Å². The molecular weight excluding hydrogens is 467 g/mol. The van der Waals surface area contributed by atoms with Gasteiger partial charge in [0.25, 0.3) is 5.91 Å². The number of fused-ring (bicyclic) bond motifs is 2. The maximum atomic E-state index is 13.4. The maximum Gasteiger partial charge on any atom is 0.416 e. The van der Waals surface area contributed by atoms with Crippen LogP contribution in [0.4, 0.5) is 13.2 Å². The minimum absolute atomic E-state index is 0.196. The van der Waals surface area contributed by atoms with Crippen LogP contribution in [-0.2, 0) is 6.18 Å². The highest BCUT2D eigenvalue weighted by Crippen LogP contribution is 2.35. The number of nitrogens with one attached hydrogen (secondary N) is 1. The number of hydrogen-bond donors (Lipinski definition) is 1. The molecule has 1 aliphatic heterocycles. The second-order valence-electron chi connectivity index (χ2n) is 8.91. The molecule has 36 heavy (non-hydrogen) atoms. The molecule has 0 saturated carbocycles. The molecule has 0 spiro atoms. The van der Waals surface area contributed by atoms with Crippen molar-refractivity contribution in [1.29, 1.82) is 0 Å². The van der Waals surface area contributed by atoms with Gasteiger partial charge in [0, 0.05) is 17.5 Å². The summed E-state index contributed by atoms with van der Waals surface area (Å²) in [6.45, 7) is 8.16. The van der Waals surface area contributed by atoms with E-state index >= 15 is 0 Å². The SMILES string of the molecule is C=C(C)c1c(C(=O)N[C@H]2CCOc3ccccc32)ccc2c(-c3ccc(C(F)(F)F)cc3)c(C)nn12. The number of hydrogen-bond acceptors (Lipinski definition) is 3. The molecule has 0 radical (unpaired) electrons. The van der Waals surface area contributed by atoms with Gasteiger partial charge in [-0.3, -0.25) is 4.79 Å². The Morgan fingerprint density at radius 2 is 1.83 bits per heavy atom. The van der Waals surface area contributed by atoms with Crippen LogP contribution in [0.2, 0.25) is 0 Å². The minimum atomic E-state index is -4.41. The van der Waals surface area contributed by atoms with Gasteiger partial charge < -0.3 is 10.1 Å². The Morgan fingerprint density at radius 3 is 2.53 bits per heavy atom. The first-order valence-electron chi connectivity index (χ1n) is 11.5. The van der Waals surface area contributed by atoms with Crippen LogP contribution >= 0.6 is 0 Å². The molecule has 5 nitrogen and oxygen atoms in total. The van der Waals surface area contributed by atoms with Crippen LogP contribution in [0.15, 0.2) is 67.2 Å². The fourth-order valence-corrected chi connectivity index (χ4v) is 4.73. The lowest BCUT2D eigenvalue weighted by atomic mass is 9.99. The number of alkyl halides is 3. The van der Waals surface area contributed by atoms with Gasteiger partial charge in [0.2, 0.25) is 0 Å². The Balaban J connectivity index is 1.55. The summed E-state index contributed by atoms with van der Waals surface area (Å²) in [5, 5.41) is 7.76. The van der Waals surface area contributed by atoms with Crippen molar-refractivity contribution in [3.05, 3.63) is 95.3 Å². The van der Waals surface area contributed by atoms with E-state index in [0.717, 1.165) is 23.4 Å². The number of pyridine rings is 1. The van der Waals surface area contributed by atoms with Gasteiger partial charge in [0.05, 0.1) is 40.7 Å². The summed E-state index contributed by atoms with van der Waals surface area (Å²) in [6.07, 6.45) is -3.76. The Bertz CT molecular complexity index is 1490. The predicted molar refractivity (Wildman–Crippen MR) is 132 cm³/mol. The van der Waals surface area contributed by atoms with E-state index in [1.807, 2.05) is 24.3 Å². The number of rotatable bonds is 4. The molecule has 1 aliphatic rings. The first-order chi connectivity index (χ1) is 17.1. The quantitative estimate of drug-likeness (QED) is 0.349. The third-order valence-electron chi connectivity index (χ3n) is 6.38. The largest absolute Gasteiger partial charge is 0.493 e. The summed E-state index contributed by atoms with van der Waals surface area (Å²) in [4.78, 5) is 13.4. The van der Waals surface area contributed by atoms with E-state index in [4.69, 9.17) is 4.74 Å². The molecule has 2 aromatic carbocycles. The number of carbonyl (C=O) groups excluding carboxylic acids is 1. The minimum Gasteiger partial charge on any atom is -0.493 e. The number of benzene rings is 2. The van der Waals surface area contributed by atoms with E-state index < -0.39 is 11.7 Å². The number of carbonyl (C=O) groups is 1. The molecule has 0 unspecified atom stereocenters. The number of halogens is 3. The highest BCUT2D eigenvalue weighted by atomic mass is 19.4. The van der Waals surface area contributed by atoms with E-state index in [2.05, 4.69) is 17.0 Å². The van der Waals surface area contributed by atoms with Crippen molar-refractivity contribution >= 4 is 17.0 Å². The molecule has 0 aliphatic carbocycles. The first-order valence-corrected chi connectivity index (χ1v) is 11.5. The van der Waals surface area contributed by atoms with Crippen LogP contribution in [0.1, 0.15) is 52.3 Å². The molecule has 8 heteroatoms. The standard InChI is InChI=1S/C28H24F3N3O2/c1-16(2)26-21(27(35)32-22-14-15-36-24-7-5-4-6-20(22)24)12-13-23-25(17(3)33-34(23)26)18-8-10-19(11-9-18)28(29,30)31/h4-13,22H,1,14-15H2,2-3H3,(H,32,35)/t22-/m0/s1.